The molecule has 94 valence electrons. The first-order valence-corrected chi connectivity index (χ1v) is 6.94. The fourth-order valence-electron chi connectivity index (χ4n) is 2.75. The summed E-state index contributed by atoms with van der Waals surface area (Å²) in [4.78, 5) is 0. The molecular formula is C9H16F2N2O2S. The van der Waals surface area contributed by atoms with Crippen molar-refractivity contribution in [2.45, 2.75) is 31.1 Å². The molecule has 1 aliphatic heterocycles. The molecule has 2 rings (SSSR count). The monoisotopic (exact) mass is 254 g/mol. The van der Waals surface area contributed by atoms with Crippen LogP contribution in [-0.4, -0.2) is 37.6 Å². The smallest absolute Gasteiger partial charge is 0.328 e. The molecule has 16 heavy (non-hydrogen) atoms. The van der Waals surface area contributed by atoms with Gasteiger partial charge in [-0.1, -0.05) is 0 Å². The van der Waals surface area contributed by atoms with Crippen molar-refractivity contribution in [3.63, 3.8) is 0 Å². The Hall–Kier alpha value is -0.270. The molecule has 7 heteroatoms. The molecule has 1 heterocycles. The maximum atomic E-state index is 12.4. The summed E-state index contributed by atoms with van der Waals surface area (Å²) < 4.78 is 48.3. The molecule has 2 aliphatic rings. The number of fused-ring (bicyclic) bond motifs is 1. The van der Waals surface area contributed by atoms with Crippen LogP contribution in [-0.2, 0) is 10.0 Å². The highest BCUT2D eigenvalue weighted by atomic mass is 32.2. The number of alkyl halides is 2. The van der Waals surface area contributed by atoms with Gasteiger partial charge in [0.2, 0.25) is 0 Å². The molecule has 1 aliphatic carbocycles. The molecule has 1 saturated heterocycles. The lowest BCUT2D eigenvalue weighted by Crippen LogP contribution is -2.34. The lowest BCUT2D eigenvalue weighted by Gasteiger charge is -2.28. The molecule has 0 radical (unpaired) electrons. The van der Waals surface area contributed by atoms with Crippen LogP contribution in [0.15, 0.2) is 0 Å². The summed E-state index contributed by atoms with van der Waals surface area (Å²) in [6, 6.07) is 0.0930. The molecule has 3 atom stereocenters. The quantitative estimate of drug-likeness (QED) is 0.784. The molecule has 1 saturated carbocycles. The molecular weight excluding hydrogens is 238 g/mol. The van der Waals surface area contributed by atoms with Crippen LogP contribution in [0.1, 0.15) is 19.3 Å². The van der Waals surface area contributed by atoms with Gasteiger partial charge in [0.1, 0.15) is 0 Å². The Labute approximate surface area is 93.8 Å². The maximum Gasteiger partial charge on any atom is 0.350 e. The van der Waals surface area contributed by atoms with Crippen LogP contribution in [0.3, 0.4) is 0 Å². The maximum absolute atomic E-state index is 12.4. The lowest BCUT2D eigenvalue weighted by molar-refractivity contribution is 0.221. The van der Waals surface area contributed by atoms with Gasteiger partial charge in [-0.25, -0.2) is 8.42 Å². The van der Waals surface area contributed by atoms with E-state index in [1.807, 2.05) is 0 Å². The van der Waals surface area contributed by atoms with Crippen LogP contribution < -0.4 is 5.73 Å². The molecule has 4 nitrogen and oxygen atoms in total. The van der Waals surface area contributed by atoms with Crippen molar-refractivity contribution in [3.8, 4) is 0 Å². The Bertz CT molecular complexity index is 361. The largest absolute Gasteiger partial charge is 0.350 e. The molecule has 0 amide bonds. The van der Waals surface area contributed by atoms with Gasteiger partial charge >= 0.3 is 5.76 Å². The summed E-state index contributed by atoms with van der Waals surface area (Å²) in [5.74, 6) is -2.92. The van der Waals surface area contributed by atoms with Crippen molar-refractivity contribution in [1.82, 2.24) is 4.31 Å². The summed E-state index contributed by atoms with van der Waals surface area (Å²) in [7, 11) is -4.39. The van der Waals surface area contributed by atoms with E-state index in [9.17, 15) is 17.2 Å². The number of halogens is 2. The highest BCUT2D eigenvalue weighted by molar-refractivity contribution is 7.89. The Morgan fingerprint density at radius 2 is 1.81 bits per heavy atom. The Balaban J connectivity index is 2.08. The predicted molar refractivity (Wildman–Crippen MR) is 55.3 cm³/mol. The summed E-state index contributed by atoms with van der Waals surface area (Å²) >= 11 is 0. The van der Waals surface area contributed by atoms with Gasteiger partial charge in [0.05, 0.1) is 0 Å². The third kappa shape index (κ3) is 2.08. The third-order valence-electron chi connectivity index (χ3n) is 3.64. The van der Waals surface area contributed by atoms with Crippen LogP contribution in [0.25, 0.3) is 0 Å². The Morgan fingerprint density at radius 1 is 1.19 bits per heavy atom. The Kier molecular flexibility index (Phi) is 3.20. The molecule has 0 aromatic carbocycles. The van der Waals surface area contributed by atoms with Gasteiger partial charge in [-0.15, -0.1) is 0 Å². The summed E-state index contributed by atoms with van der Waals surface area (Å²) in [5.41, 5.74) is 5.79. The zero-order valence-electron chi connectivity index (χ0n) is 8.85. The van der Waals surface area contributed by atoms with Gasteiger partial charge in [0.15, 0.2) is 0 Å². The number of hydrogen-bond donors (Lipinski definition) is 1. The second kappa shape index (κ2) is 4.19. The van der Waals surface area contributed by atoms with Crippen molar-refractivity contribution < 1.29 is 17.2 Å². The summed E-state index contributed by atoms with van der Waals surface area (Å²) in [5, 5.41) is 0. The standard InChI is InChI=1S/C9H16F2N2O2S/c10-9(11)16(14,15)13-4-6-1-2-8(12)3-7(6)5-13/h6-9H,1-5,12H2/t6-,7+,8?/m1/s1. The zero-order chi connectivity index (χ0) is 11.9. The molecule has 0 spiro atoms. The zero-order valence-corrected chi connectivity index (χ0v) is 9.67. The second-order valence-corrected chi connectivity index (χ2v) is 6.62. The first kappa shape index (κ1) is 12.2. The summed E-state index contributed by atoms with van der Waals surface area (Å²) in [6.07, 6.45) is 2.46. The molecule has 2 N–H and O–H groups in total. The van der Waals surface area contributed by atoms with Crippen molar-refractivity contribution in [3.05, 3.63) is 0 Å². The molecule has 0 aromatic rings. The van der Waals surface area contributed by atoms with Gasteiger partial charge in [-0.3, -0.25) is 0 Å². The minimum atomic E-state index is -4.39. The highest BCUT2D eigenvalue weighted by Gasteiger charge is 2.44. The van der Waals surface area contributed by atoms with E-state index >= 15 is 0 Å². The number of nitrogens with two attached hydrogens (primary N) is 1. The number of hydrogen-bond acceptors (Lipinski definition) is 3. The topological polar surface area (TPSA) is 63.4 Å². The van der Waals surface area contributed by atoms with Crippen molar-refractivity contribution in [1.29, 1.82) is 0 Å². The molecule has 0 aromatic heterocycles. The lowest BCUT2D eigenvalue weighted by atomic mass is 9.79. The van der Waals surface area contributed by atoms with E-state index < -0.39 is 15.8 Å². The van der Waals surface area contributed by atoms with Gasteiger partial charge in [-0.05, 0) is 31.1 Å². The highest BCUT2D eigenvalue weighted by Crippen LogP contribution is 2.37. The minimum absolute atomic E-state index is 0.0930. The van der Waals surface area contributed by atoms with Crippen LogP contribution in [0.5, 0.6) is 0 Å². The van der Waals surface area contributed by atoms with E-state index in [-0.39, 0.29) is 31.0 Å². The molecule has 0 bridgehead atoms. The number of sulfonamides is 1. The average Bonchev–Trinajstić information content (AvgIpc) is 2.60. The second-order valence-electron chi connectivity index (χ2n) is 4.72. The molecule has 2 fully saturated rings. The van der Waals surface area contributed by atoms with E-state index in [1.54, 1.807) is 0 Å². The van der Waals surface area contributed by atoms with E-state index in [2.05, 4.69) is 0 Å². The normalized spacial score (nSPS) is 36.6. The van der Waals surface area contributed by atoms with Crippen LogP contribution in [0.4, 0.5) is 8.78 Å². The third-order valence-corrected chi connectivity index (χ3v) is 5.11. The van der Waals surface area contributed by atoms with E-state index in [0.29, 0.717) is 0 Å². The van der Waals surface area contributed by atoms with Gasteiger partial charge in [0, 0.05) is 19.1 Å². The van der Waals surface area contributed by atoms with Crippen molar-refractivity contribution >= 4 is 10.0 Å². The SMILES string of the molecule is NC1CC[C@@H]2CN(S(=O)(=O)C(F)F)C[C@@H]2C1. The fourth-order valence-corrected chi connectivity index (χ4v) is 3.77. The van der Waals surface area contributed by atoms with Gasteiger partial charge in [-0.2, -0.15) is 13.1 Å². The first-order valence-electron chi connectivity index (χ1n) is 5.44. The summed E-state index contributed by atoms with van der Waals surface area (Å²) in [6.45, 7) is 0.453. The Morgan fingerprint density at radius 3 is 2.44 bits per heavy atom. The molecule has 1 unspecified atom stereocenters. The average molecular weight is 254 g/mol. The predicted octanol–water partition coefficient (Wildman–Crippen LogP) is 0.598. The van der Waals surface area contributed by atoms with E-state index in [0.717, 1.165) is 23.6 Å². The number of nitrogens with zero attached hydrogens (tertiary/aromatic N) is 1. The minimum Gasteiger partial charge on any atom is -0.328 e. The van der Waals surface area contributed by atoms with E-state index in [4.69, 9.17) is 5.73 Å². The van der Waals surface area contributed by atoms with Gasteiger partial charge < -0.3 is 5.73 Å². The van der Waals surface area contributed by atoms with Crippen LogP contribution >= 0.6 is 0 Å². The van der Waals surface area contributed by atoms with Gasteiger partial charge in [0.25, 0.3) is 10.0 Å². The van der Waals surface area contributed by atoms with Crippen LogP contribution in [0.2, 0.25) is 0 Å². The van der Waals surface area contributed by atoms with Crippen molar-refractivity contribution in [2.24, 2.45) is 17.6 Å². The van der Waals surface area contributed by atoms with E-state index in [1.165, 1.54) is 0 Å². The van der Waals surface area contributed by atoms with Crippen LogP contribution in [0, 0.1) is 11.8 Å². The first-order chi connectivity index (χ1) is 7.41. The fraction of sp³-hybridized carbons (Fsp3) is 1.00. The van der Waals surface area contributed by atoms with Crippen molar-refractivity contribution in [2.75, 3.05) is 13.1 Å². The number of rotatable bonds is 2.